The van der Waals surface area contributed by atoms with Crippen LogP contribution in [0.3, 0.4) is 0 Å². The van der Waals surface area contributed by atoms with Crippen molar-refractivity contribution in [2.45, 2.75) is 37.7 Å². The maximum atomic E-state index is 11.5. The highest BCUT2D eigenvalue weighted by Crippen LogP contribution is 2.36. The van der Waals surface area contributed by atoms with Crippen LogP contribution in [-0.2, 0) is 14.3 Å². The maximum absolute atomic E-state index is 11.5. The molecule has 0 bridgehead atoms. The second kappa shape index (κ2) is 10.9. The second-order valence-corrected chi connectivity index (χ2v) is 8.31. The average Bonchev–Trinajstić information content (AvgIpc) is 3.27. The summed E-state index contributed by atoms with van der Waals surface area (Å²) in [6, 6.07) is 7.38. The molecule has 2 amide bonds. The van der Waals surface area contributed by atoms with Crippen LogP contribution in [0.25, 0.3) is 4.85 Å². The molecule has 0 atom stereocenters. The Balaban J connectivity index is 0.000000235. The van der Waals surface area contributed by atoms with Gasteiger partial charge in [0.2, 0.25) is 0 Å². The molecule has 1 spiro atoms. The molecule has 4 rings (SSSR count). The lowest BCUT2D eigenvalue weighted by Gasteiger charge is -2.36. The minimum atomic E-state index is -0.307. The normalized spacial score (nSPS) is 18.9. The summed E-state index contributed by atoms with van der Waals surface area (Å²) in [6.07, 6.45) is 3.54. The lowest BCUT2D eigenvalue weighted by Crippen LogP contribution is -2.46. The van der Waals surface area contributed by atoms with Gasteiger partial charge in [0.05, 0.1) is 26.5 Å². The summed E-state index contributed by atoms with van der Waals surface area (Å²) in [5, 5.41) is 4.23. The van der Waals surface area contributed by atoms with E-state index < -0.39 is 0 Å². The topological polar surface area (TPSA) is 85.0 Å². The third kappa shape index (κ3) is 6.04. The lowest BCUT2D eigenvalue weighted by atomic mass is 9.85. The number of hydrogen-bond acceptors (Lipinski definition) is 6. The molecule has 0 N–H and O–H groups in total. The average molecular weight is 455 g/mol. The minimum Gasteiger partial charge on any atom is -0.453 e. The largest absolute Gasteiger partial charge is 0.453 e. The minimum absolute atomic E-state index is 0.225. The molecule has 0 saturated carbocycles. The van der Waals surface area contributed by atoms with E-state index in [1.165, 1.54) is 19.8 Å². The van der Waals surface area contributed by atoms with Gasteiger partial charge in [-0.1, -0.05) is 41.6 Å². The Morgan fingerprint density at radius 3 is 2.09 bits per heavy atom. The van der Waals surface area contributed by atoms with Crippen LogP contribution in [0.4, 0.5) is 15.3 Å². The van der Waals surface area contributed by atoms with Crippen LogP contribution in [0.2, 0.25) is 0 Å². The molecule has 1 aromatic rings. The van der Waals surface area contributed by atoms with Crippen LogP contribution in [0.1, 0.15) is 37.7 Å². The van der Waals surface area contributed by atoms with Gasteiger partial charge in [0.15, 0.2) is 5.69 Å². The summed E-state index contributed by atoms with van der Waals surface area (Å²) in [5.41, 5.74) is 3.43. The Labute approximate surface area is 194 Å². The van der Waals surface area contributed by atoms with E-state index in [1.54, 1.807) is 21.9 Å². The van der Waals surface area contributed by atoms with Gasteiger partial charge in [0, 0.05) is 45.4 Å². The standard InChI is InChI=1S/C16H17N3O3.C8H13NO2/c1-17-13-5-3-12(4-6-13)14-11-16(22-18-14)7-9-19(10-8-16)15(20)21-2;1-7-3-5-9(6-4-7)8(10)11-2/h3-6H,7-11H2,2H3;1,3-6H2,2H3. The van der Waals surface area contributed by atoms with Crippen LogP contribution in [0, 0.1) is 6.57 Å². The highest BCUT2D eigenvalue weighted by Gasteiger charge is 2.43. The molecule has 0 unspecified atom stereocenters. The molecule has 9 nitrogen and oxygen atoms in total. The van der Waals surface area contributed by atoms with Crippen molar-refractivity contribution in [3.8, 4) is 0 Å². The first-order chi connectivity index (χ1) is 15.9. The van der Waals surface area contributed by atoms with Crippen LogP contribution in [0.5, 0.6) is 0 Å². The number of amides is 2. The molecule has 2 saturated heterocycles. The van der Waals surface area contributed by atoms with Crippen molar-refractivity contribution in [3.63, 3.8) is 0 Å². The van der Waals surface area contributed by atoms with E-state index in [-0.39, 0.29) is 17.8 Å². The molecule has 0 aromatic heterocycles. The third-order valence-corrected chi connectivity index (χ3v) is 6.18. The summed E-state index contributed by atoms with van der Waals surface area (Å²) in [6.45, 7) is 13.6. The van der Waals surface area contributed by atoms with Crippen molar-refractivity contribution in [1.82, 2.24) is 9.80 Å². The predicted molar refractivity (Wildman–Crippen MR) is 123 cm³/mol. The smallest absolute Gasteiger partial charge is 0.409 e. The molecule has 0 aliphatic carbocycles. The molecule has 3 heterocycles. The fourth-order valence-corrected chi connectivity index (χ4v) is 4.03. The van der Waals surface area contributed by atoms with Gasteiger partial charge in [-0.3, -0.25) is 0 Å². The van der Waals surface area contributed by atoms with Crippen LogP contribution in [-0.4, -0.2) is 73.7 Å². The van der Waals surface area contributed by atoms with Crippen molar-refractivity contribution in [2.75, 3.05) is 40.4 Å². The zero-order valence-corrected chi connectivity index (χ0v) is 19.2. The van der Waals surface area contributed by atoms with Crippen molar-refractivity contribution in [1.29, 1.82) is 0 Å². The van der Waals surface area contributed by atoms with Crippen molar-refractivity contribution >= 4 is 23.6 Å². The number of nitrogens with zero attached hydrogens (tertiary/aromatic N) is 4. The molecular weight excluding hydrogens is 424 g/mol. The van der Waals surface area contributed by atoms with E-state index in [9.17, 15) is 9.59 Å². The molecule has 33 heavy (non-hydrogen) atoms. The summed E-state index contributed by atoms with van der Waals surface area (Å²) in [5.74, 6) is 0. The van der Waals surface area contributed by atoms with Gasteiger partial charge in [-0.15, -0.1) is 0 Å². The molecule has 0 radical (unpaired) electrons. The highest BCUT2D eigenvalue weighted by molar-refractivity contribution is 6.01. The third-order valence-electron chi connectivity index (χ3n) is 6.18. The number of benzene rings is 1. The van der Waals surface area contributed by atoms with E-state index in [0.29, 0.717) is 18.8 Å². The lowest BCUT2D eigenvalue weighted by molar-refractivity contribution is -0.0584. The fourth-order valence-electron chi connectivity index (χ4n) is 4.03. The molecule has 3 aliphatic heterocycles. The summed E-state index contributed by atoms with van der Waals surface area (Å²) in [7, 11) is 2.80. The van der Waals surface area contributed by atoms with Crippen molar-refractivity contribution < 1.29 is 23.9 Å². The quantitative estimate of drug-likeness (QED) is 0.465. The monoisotopic (exact) mass is 454 g/mol. The molecule has 2 fully saturated rings. The molecule has 176 valence electrons. The van der Waals surface area contributed by atoms with Gasteiger partial charge < -0.3 is 24.1 Å². The van der Waals surface area contributed by atoms with Crippen LogP contribution >= 0.6 is 0 Å². The number of piperidine rings is 2. The SMILES string of the molecule is C=C1CCN(C(=O)OC)CC1.[C-]#[N+]c1ccc(C2=NOC3(CCN(C(=O)OC)CC3)C2)cc1. The molecule has 3 aliphatic rings. The second-order valence-electron chi connectivity index (χ2n) is 8.31. The Morgan fingerprint density at radius 2 is 1.58 bits per heavy atom. The van der Waals surface area contributed by atoms with Crippen molar-refractivity contribution in [3.05, 3.63) is 53.4 Å². The Kier molecular flexibility index (Phi) is 7.93. The van der Waals surface area contributed by atoms with E-state index in [2.05, 4.69) is 21.3 Å². The predicted octanol–water partition coefficient (Wildman–Crippen LogP) is 4.37. The first-order valence-electron chi connectivity index (χ1n) is 10.9. The van der Waals surface area contributed by atoms with E-state index in [4.69, 9.17) is 16.1 Å². The van der Waals surface area contributed by atoms with Gasteiger partial charge in [0.25, 0.3) is 0 Å². The van der Waals surface area contributed by atoms with E-state index in [0.717, 1.165) is 56.5 Å². The highest BCUT2D eigenvalue weighted by atomic mass is 16.7. The zero-order chi connectivity index (χ0) is 23.8. The van der Waals surface area contributed by atoms with E-state index >= 15 is 0 Å². The summed E-state index contributed by atoms with van der Waals surface area (Å²) >= 11 is 0. The number of methoxy groups -OCH3 is 2. The first kappa shape index (κ1) is 24.1. The molecule has 9 heteroatoms. The van der Waals surface area contributed by atoms with Gasteiger partial charge >= 0.3 is 12.2 Å². The number of rotatable bonds is 1. The molecule has 1 aromatic carbocycles. The van der Waals surface area contributed by atoms with Crippen LogP contribution in [0.15, 0.2) is 41.6 Å². The Hall–Kier alpha value is -3.54. The first-order valence-corrected chi connectivity index (χ1v) is 10.9. The van der Waals surface area contributed by atoms with Crippen LogP contribution < -0.4 is 0 Å². The summed E-state index contributed by atoms with van der Waals surface area (Å²) < 4.78 is 9.33. The van der Waals surface area contributed by atoms with Gasteiger partial charge in [0.1, 0.15) is 5.60 Å². The van der Waals surface area contributed by atoms with Gasteiger partial charge in [-0.2, -0.15) is 0 Å². The van der Waals surface area contributed by atoms with Gasteiger partial charge in [-0.25, -0.2) is 14.4 Å². The Bertz CT molecular complexity index is 933. The molecular formula is C24H30N4O5. The number of likely N-dealkylation sites (tertiary alicyclic amines) is 2. The number of ether oxygens (including phenoxy) is 2. The number of carbonyl (C=O) groups excluding carboxylic acids is 2. The maximum Gasteiger partial charge on any atom is 0.409 e. The number of hydrogen-bond donors (Lipinski definition) is 0. The van der Waals surface area contributed by atoms with E-state index in [1.807, 2.05) is 12.1 Å². The zero-order valence-electron chi connectivity index (χ0n) is 19.2. The van der Waals surface area contributed by atoms with Gasteiger partial charge in [-0.05, 0) is 18.4 Å². The number of carbonyl (C=O) groups is 2. The fraction of sp³-hybridized carbons (Fsp3) is 0.500. The summed E-state index contributed by atoms with van der Waals surface area (Å²) in [4.78, 5) is 35.0. The van der Waals surface area contributed by atoms with Crippen molar-refractivity contribution in [2.24, 2.45) is 5.16 Å². The number of oxime groups is 1. The Morgan fingerprint density at radius 1 is 1.03 bits per heavy atom.